The predicted octanol–water partition coefficient (Wildman–Crippen LogP) is 5.50. The van der Waals surface area contributed by atoms with Crippen LogP contribution in [0.1, 0.15) is 42.8 Å². The molecule has 0 atom stereocenters. The van der Waals surface area contributed by atoms with Gasteiger partial charge in [-0.1, -0.05) is 36.4 Å². The lowest BCUT2D eigenvalue weighted by Gasteiger charge is -2.29. The molecule has 1 aliphatic carbocycles. The van der Waals surface area contributed by atoms with Crippen LogP contribution in [0.5, 0.6) is 0 Å². The number of benzene rings is 2. The Morgan fingerprint density at radius 2 is 1.81 bits per heavy atom. The van der Waals surface area contributed by atoms with Crippen molar-refractivity contribution in [3.8, 4) is 11.1 Å². The van der Waals surface area contributed by atoms with E-state index in [2.05, 4.69) is 32.7 Å². The number of nitrogens with zero attached hydrogens (tertiary/aromatic N) is 2. The minimum absolute atomic E-state index is 0.225. The second-order valence-corrected chi connectivity index (χ2v) is 10.2. The third-order valence-electron chi connectivity index (χ3n) is 6.72. The van der Waals surface area contributed by atoms with Gasteiger partial charge in [0.15, 0.2) is 0 Å². The summed E-state index contributed by atoms with van der Waals surface area (Å²) in [6, 6.07) is 17.1. The Hall–Kier alpha value is -3.36. The normalized spacial score (nSPS) is 21.1. The van der Waals surface area contributed by atoms with Crippen LogP contribution in [-0.2, 0) is 17.8 Å². The molecule has 2 N–H and O–H groups in total. The van der Waals surface area contributed by atoms with Crippen molar-refractivity contribution in [1.82, 2.24) is 20.6 Å². The predicted molar refractivity (Wildman–Crippen MR) is 139 cm³/mol. The SMILES string of the molecule is O=C1NC(=O)/C(=C/c2ccnc(CC3CCC(NCc4ccccc4-c4ccc(F)cc4)CC3)n2)S1. The molecule has 3 aromatic rings. The molecule has 2 fully saturated rings. The van der Waals surface area contributed by atoms with Crippen molar-refractivity contribution < 1.29 is 14.0 Å². The van der Waals surface area contributed by atoms with Crippen LogP contribution in [0.15, 0.2) is 65.7 Å². The van der Waals surface area contributed by atoms with E-state index >= 15 is 0 Å². The molecule has 1 aromatic heterocycles. The van der Waals surface area contributed by atoms with Crippen molar-refractivity contribution in [1.29, 1.82) is 0 Å². The fourth-order valence-electron chi connectivity index (χ4n) is 4.82. The Balaban J connectivity index is 1.14. The van der Waals surface area contributed by atoms with E-state index in [9.17, 15) is 14.0 Å². The van der Waals surface area contributed by atoms with E-state index in [1.54, 1.807) is 18.3 Å². The highest BCUT2D eigenvalue weighted by Crippen LogP contribution is 2.29. The van der Waals surface area contributed by atoms with Gasteiger partial charge in [0.05, 0.1) is 10.6 Å². The number of thioether (sulfide) groups is 1. The van der Waals surface area contributed by atoms with Gasteiger partial charge in [-0.15, -0.1) is 0 Å². The van der Waals surface area contributed by atoms with Crippen LogP contribution in [-0.4, -0.2) is 27.2 Å². The molecule has 1 saturated heterocycles. The smallest absolute Gasteiger partial charge is 0.290 e. The van der Waals surface area contributed by atoms with Crippen molar-refractivity contribution in [3.05, 3.63) is 88.6 Å². The Bertz CT molecular complexity index is 1290. The standard InChI is InChI=1S/C28H27FN4O2S/c29-21-9-7-19(8-10-21)24-4-2-1-3-20(24)17-31-22-11-5-18(6-12-22)15-26-30-14-13-23(32-26)16-25-27(34)33-28(35)36-25/h1-4,7-10,13-14,16,18,22,31H,5-6,11-12,15,17H2,(H,33,34,35)/b25-16-. The molecule has 5 rings (SSSR count). The van der Waals surface area contributed by atoms with Gasteiger partial charge < -0.3 is 5.32 Å². The van der Waals surface area contributed by atoms with Crippen LogP contribution in [0.4, 0.5) is 9.18 Å². The summed E-state index contributed by atoms with van der Waals surface area (Å²) in [7, 11) is 0. The van der Waals surface area contributed by atoms with Crippen LogP contribution < -0.4 is 10.6 Å². The van der Waals surface area contributed by atoms with E-state index < -0.39 is 0 Å². The molecule has 0 radical (unpaired) electrons. The van der Waals surface area contributed by atoms with Gasteiger partial charge in [0.25, 0.3) is 11.1 Å². The van der Waals surface area contributed by atoms with Crippen LogP contribution in [0.2, 0.25) is 0 Å². The first kappa shape index (κ1) is 24.3. The quantitative estimate of drug-likeness (QED) is 0.415. The Morgan fingerprint density at radius 1 is 1.03 bits per heavy atom. The van der Waals surface area contributed by atoms with E-state index in [1.807, 2.05) is 24.3 Å². The maximum atomic E-state index is 13.3. The van der Waals surface area contributed by atoms with Crippen molar-refractivity contribution in [2.75, 3.05) is 0 Å². The van der Waals surface area contributed by atoms with Crippen LogP contribution in [0, 0.1) is 11.7 Å². The van der Waals surface area contributed by atoms with Crippen molar-refractivity contribution in [2.45, 2.75) is 44.7 Å². The second kappa shape index (κ2) is 11.1. The Labute approximate surface area is 213 Å². The summed E-state index contributed by atoms with van der Waals surface area (Å²) in [6.45, 7) is 0.775. The highest BCUT2D eigenvalue weighted by molar-refractivity contribution is 8.18. The monoisotopic (exact) mass is 502 g/mol. The third kappa shape index (κ3) is 6.06. The van der Waals surface area contributed by atoms with Crippen molar-refractivity contribution in [3.63, 3.8) is 0 Å². The maximum Gasteiger partial charge on any atom is 0.290 e. The molecule has 184 valence electrons. The molecule has 2 amide bonds. The highest BCUT2D eigenvalue weighted by Gasteiger charge is 2.25. The van der Waals surface area contributed by atoms with E-state index in [0.29, 0.717) is 22.6 Å². The second-order valence-electron chi connectivity index (χ2n) is 9.22. The summed E-state index contributed by atoms with van der Waals surface area (Å²) in [5, 5.41) is 5.62. The summed E-state index contributed by atoms with van der Waals surface area (Å²) >= 11 is 0.892. The first-order valence-electron chi connectivity index (χ1n) is 12.2. The van der Waals surface area contributed by atoms with Crippen LogP contribution in [0.25, 0.3) is 17.2 Å². The van der Waals surface area contributed by atoms with Gasteiger partial charge in [-0.05, 0) is 84.3 Å². The number of amides is 2. The van der Waals surface area contributed by atoms with Gasteiger partial charge in [0.1, 0.15) is 11.6 Å². The van der Waals surface area contributed by atoms with Crippen molar-refractivity contribution >= 4 is 29.0 Å². The molecule has 6 nitrogen and oxygen atoms in total. The first-order chi connectivity index (χ1) is 17.5. The fraction of sp³-hybridized carbons (Fsp3) is 0.286. The average Bonchev–Trinajstić information content (AvgIpc) is 3.20. The zero-order valence-electron chi connectivity index (χ0n) is 19.7. The van der Waals surface area contributed by atoms with Gasteiger partial charge >= 0.3 is 0 Å². The topological polar surface area (TPSA) is 84.0 Å². The van der Waals surface area contributed by atoms with E-state index in [1.165, 1.54) is 17.7 Å². The Morgan fingerprint density at radius 3 is 2.56 bits per heavy atom. The average molecular weight is 503 g/mol. The molecule has 8 heteroatoms. The number of imide groups is 1. The van der Waals surface area contributed by atoms with Crippen LogP contribution in [0.3, 0.4) is 0 Å². The highest BCUT2D eigenvalue weighted by atomic mass is 32.2. The van der Waals surface area contributed by atoms with E-state index in [0.717, 1.165) is 67.4 Å². The molecule has 0 bridgehead atoms. The molecule has 0 unspecified atom stereocenters. The minimum Gasteiger partial charge on any atom is -0.310 e. The van der Waals surface area contributed by atoms with Gasteiger partial charge in [-0.2, -0.15) is 0 Å². The third-order valence-corrected chi connectivity index (χ3v) is 7.53. The molecule has 36 heavy (non-hydrogen) atoms. The number of halogens is 1. The zero-order chi connectivity index (χ0) is 24.9. The summed E-state index contributed by atoms with van der Waals surface area (Å²) in [5.41, 5.74) is 4.00. The number of aromatic nitrogens is 2. The lowest BCUT2D eigenvalue weighted by molar-refractivity contribution is -0.115. The van der Waals surface area contributed by atoms with Gasteiger partial charge in [0.2, 0.25) is 0 Å². The zero-order valence-corrected chi connectivity index (χ0v) is 20.6. The largest absolute Gasteiger partial charge is 0.310 e. The lowest BCUT2D eigenvalue weighted by atomic mass is 9.84. The Kier molecular flexibility index (Phi) is 7.53. The molecule has 1 aliphatic heterocycles. The number of rotatable bonds is 7. The van der Waals surface area contributed by atoms with Gasteiger partial charge in [-0.3, -0.25) is 14.9 Å². The minimum atomic E-state index is -0.378. The van der Waals surface area contributed by atoms with Gasteiger partial charge in [0, 0.05) is 25.2 Å². The lowest BCUT2D eigenvalue weighted by Crippen LogP contribution is -2.33. The summed E-state index contributed by atoms with van der Waals surface area (Å²) < 4.78 is 13.3. The summed E-state index contributed by atoms with van der Waals surface area (Å²) in [6.07, 6.45) is 8.52. The number of nitrogens with one attached hydrogen (secondary N) is 2. The summed E-state index contributed by atoms with van der Waals surface area (Å²) in [4.78, 5) is 32.5. The molecular weight excluding hydrogens is 475 g/mol. The number of carbonyl (C=O) groups is 2. The number of hydrogen-bond acceptors (Lipinski definition) is 6. The molecule has 2 aliphatic rings. The van der Waals surface area contributed by atoms with Gasteiger partial charge in [-0.25, -0.2) is 14.4 Å². The molecular formula is C28H27FN4O2S. The molecule has 0 spiro atoms. The van der Waals surface area contributed by atoms with Crippen LogP contribution >= 0.6 is 11.8 Å². The molecule has 2 heterocycles. The maximum absolute atomic E-state index is 13.3. The van der Waals surface area contributed by atoms with E-state index in [4.69, 9.17) is 0 Å². The molecule has 2 aromatic carbocycles. The molecule has 1 saturated carbocycles. The summed E-state index contributed by atoms with van der Waals surface area (Å²) in [5.74, 6) is 0.681. The first-order valence-corrected chi connectivity index (χ1v) is 13.0. The fourth-order valence-corrected chi connectivity index (χ4v) is 5.48. The number of carbonyl (C=O) groups excluding carboxylic acids is 2. The number of hydrogen-bond donors (Lipinski definition) is 2. The van der Waals surface area contributed by atoms with Crippen molar-refractivity contribution in [2.24, 2.45) is 5.92 Å². The van der Waals surface area contributed by atoms with E-state index in [-0.39, 0.29) is 17.0 Å².